The molecule has 0 saturated heterocycles. The Kier molecular flexibility index (Phi) is 5.43. The van der Waals surface area contributed by atoms with Gasteiger partial charge in [0.2, 0.25) is 0 Å². The fourth-order valence-electron chi connectivity index (χ4n) is 3.46. The van der Waals surface area contributed by atoms with Gasteiger partial charge >= 0.3 is 5.97 Å². The lowest BCUT2D eigenvalue weighted by Gasteiger charge is -2.12. The average molecular weight is 426 g/mol. The first-order valence-corrected chi connectivity index (χ1v) is 10.6. The van der Waals surface area contributed by atoms with Gasteiger partial charge in [0.05, 0.1) is 11.8 Å². The van der Waals surface area contributed by atoms with Crippen molar-refractivity contribution in [3.8, 4) is 16.2 Å². The molecule has 1 aromatic heterocycles. The number of hydrogen-bond donors (Lipinski definition) is 1. The monoisotopic (exact) mass is 425 g/mol. The summed E-state index contributed by atoms with van der Waals surface area (Å²) in [6.07, 6.45) is 0.683. The van der Waals surface area contributed by atoms with Gasteiger partial charge in [-0.2, -0.15) is 0 Å². The molecule has 1 unspecified atom stereocenters. The summed E-state index contributed by atoms with van der Waals surface area (Å²) in [5, 5.41) is 10.3. The second kappa shape index (κ2) is 8.01. The third-order valence-electron chi connectivity index (χ3n) is 4.69. The first-order valence-electron chi connectivity index (χ1n) is 9.38. The quantitative estimate of drug-likeness (QED) is 0.500. The molecule has 2 heterocycles. The van der Waals surface area contributed by atoms with Gasteiger partial charge in [0.15, 0.2) is 0 Å². The Bertz CT molecular complexity index is 1090. The summed E-state index contributed by atoms with van der Waals surface area (Å²) in [4.78, 5) is 18.2. The Labute approximate surface area is 178 Å². The maximum Gasteiger partial charge on any atom is 0.350 e. The molecule has 0 saturated carbocycles. The molecule has 4 nitrogen and oxygen atoms in total. The van der Waals surface area contributed by atoms with Crippen LogP contribution in [0.15, 0.2) is 59.6 Å². The van der Waals surface area contributed by atoms with Gasteiger partial charge < -0.3 is 9.84 Å². The second-order valence-corrected chi connectivity index (χ2v) is 8.76. The van der Waals surface area contributed by atoms with Crippen molar-refractivity contribution in [3.05, 3.63) is 70.1 Å². The van der Waals surface area contributed by atoms with Crippen molar-refractivity contribution in [2.24, 2.45) is 4.99 Å². The number of ether oxygens (including phenoxy) is 1. The Morgan fingerprint density at radius 1 is 1.21 bits per heavy atom. The van der Waals surface area contributed by atoms with E-state index in [1.54, 1.807) is 11.3 Å². The molecular formula is C23H20ClNO3S. The zero-order valence-corrected chi connectivity index (χ0v) is 17.6. The minimum absolute atomic E-state index is 0.127. The molecule has 4 rings (SSSR count). The van der Waals surface area contributed by atoms with E-state index in [0.717, 1.165) is 32.3 Å². The van der Waals surface area contributed by atoms with Crippen LogP contribution in [-0.4, -0.2) is 22.9 Å². The molecule has 29 heavy (non-hydrogen) atoms. The third kappa shape index (κ3) is 4.21. The molecule has 0 radical (unpaired) electrons. The van der Waals surface area contributed by atoms with Crippen LogP contribution in [0.1, 0.15) is 30.2 Å². The fourth-order valence-corrected chi connectivity index (χ4v) is 4.88. The summed E-state index contributed by atoms with van der Waals surface area (Å²) in [5.74, 6) is -0.418. The third-order valence-corrected chi connectivity index (χ3v) is 6.21. The molecule has 0 amide bonds. The van der Waals surface area contributed by atoms with E-state index in [9.17, 15) is 9.90 Å². The predicted octanol–water partition coefficient (Wildman–Crippen LogP) is 6.35. The molecule has 1 aliphatic heterocycles. The summed E-state index contributed by atoms with van der Waals surface area (Å²) in [5.41, 5.74) is 3.00. The number of carboxylic acid groups (broad SMARTS) is 1. The number of nitrogens with zero attached hydrogens (tertiary/aromatic N) is 1. The number of rotatable bonds is 6. The van der Waals surface area contributed by atoms with Crippen molar-refractivity contribution in [1.29, 1.82) is 0 Å². The number of carbonyl (C=O) groups is 1. The summed E-state index contributed by atoms with van der Waals surface area (Å²) >= 11 is 7.70. The van der Waals surface area contributed by atoms with Crippen LogP contribution in [0.2, 0.25) is 5.02 Å². The van der Waals surface area contributed by atoms with Crippen LogP contribution in [0, 0.1) is 0 Å². The smallest absolute Gasteiger partial charge is 0.350 e. The highest BCUT2D eigenvalue weighted by atomic mass is 35.5. The highest BCUT2D eigenvalue weighted by Crippen LogP contribution is 2.46. The molecule has 1 atom stereocenters. The molecular weight excluding hydrogens is 406 g/mol. The number of benzene rings is 2. The van der Waals surface area contributed by atoms with Gasteiger partial charge in [0, 0.05) is 20.7 Å². The molecule has 0 fully saturated rings. The van der Waals surface area contributed by atoms with Gasteiger partial charge in [-0.25, -0.2) is 9.79 Å². The van der Waals surface area contributed by atoms with Crippen molar-refractivity contribution >= 4 is 40.3 Å². The Balaban J connectivity index is 1.64. The van der Waals surface area contributed by atoms with Crippen LogP contribution >= 0.6 is 22.9 Å². The topological polar surface area (TPSA) is 58.9 Å². The van der Waals surface area contributed by atoms with E-state index >= 15 is 0 Å². The standard InChI is InChI=1S/C23H20ClNO3S/c1-13(2)28-17-8-6-15(7-9-17)20-12-19-22(29-20)18(21(25-19)23(26)27)11-14-4-3-5-16(24)10-14/h3-10,12-13,18H,11H2,1-2H3,(H,26,27). The summed E-state index contributed by atoms with van der Waals surface area (Å²) in [6.45, 7) is 3.99. The van der Waals surface area contributed by atoms with Crippen LogP contribution in [0.4, 0.5) is 5.69 Å². The van der Waals surface area contributed by atoms with Gasteiger partial charge in [-0.15, -0.1) is 11.3 Å². The minimum atomic E-state index is -0.975. The summed E-state index contributed by atoms with van der Waals surface area (Å²) < 4.78 is 5.71. The van der Waals surface area contributed by atoms with Crippen LogP contribution < -0.4 is 4.74 Å². The number of hydrogen-bond acceptors (Lipinski definition) is 4. The largest absolute Gasteiger partial charge is 0.491 e. The van der Waals surface area contributed by atoms with E-state index in [-0.39, 0.29) is 17.7 Å². The van der Waals surface area contributed by atoms with Crippen LogP contribution in [0.25, 0.3) is 10.4 Å². The van der Waals surface area contributed by atoms with Crippen molar-refractivity contribution in [2.75, 3.05) is 0 Å². The van der Waals surface area contributed by atoms with Crippen LogP contribution in [0.3, 0.4) is 0 Å². The van der Waals surface area contributed by atoms with Crippen LogP contribution in [-0.2, 0) is 11.2 Å². The number of carboxylic acids is 1. The predicted molar refractivity (Wildman–Crippen MR) is 118 cm³/mol. The van der Waals surface area contributed by atoms with E-state index in [0.29, 0.717) is 11.4 Å². The van der Waals surface area contributed by atoms with E-state index in [1.165, 1.54) is 0 Å². The van der Waals surface area contributed by atoms with Crippen LogP contribution in [0.5, 0.6) is 5.75 Å². The van der Waals surface area contributed by atoms with E-state index in [1.807, 2.05) is 68.4 Å². The van der Waals surface area contributed by atoms with Gasteiger partial charge in [0.1, 0.15) is 11.5 Å². The van der Waals surface area contributed by atoms with E-state index in [2.05, 4.69) is 4.99 Å². The molecule has 0 bridgehead atoms. The molecule has 1 aliphatic rings. The highest BCUT2D eigenvalue weighted by molar-refractivity contribution is 7.16. The number of thiophene rings is 1. The summed E-state index contributed by atoms with van der Waals surface area (Å²) in [7, 11) is 0. The molecule has 148 valence electrons. The van der Waals surface area contributed by atoms with Crippen molar-refractivity contribution < 1.29 is 14.6 Å². The highest BCUT2D eigenvalue weighted by Gasteiger charge is 2.34. The van der Waals surface area contributed by atoms with E-state index in [4.69, 9.17) is 16.3 Å². The number of halogens is 1. The van der Waals surface area contributed by atoms with Gasteiger partial charge in [0.25, 0.3) is 0 Å². The number of aliphatic imine (C=N–C) groups is 1. The first-order chi connectivity index (χ1) is 13.9. The molecule has 0 spiro atoms. The normalized spacial score (nSPS) is 15.3. The van der Waals surface area contributed by atoms with Gasteiger partial charge in [-0.1, -0.05) is 23.7 Å². The fraction of sp³-hybridized carbons (Fsp3) is 0.217. The summed E-state index contributed by atoms with van der Waals surface area (Å²) in [6, 6.07) is 17.5. The number of fused-ring (bicyclic) bond motifs is 1. The van der Waals surface area contributed by atoms with Gasteiger partial charge in [-0.3, -0.25) is 0 Å². The Morgan fingerprint density at radius 3 is 2.62 bits per heavy atom. The number of aliphatic carboxylic acids is 1. The Hall–Kier alpha value is -2.63. The lowest BCUT2D eigenvalue weighted by atomic mass is 9.94. The molecule has 3 aromatic rings. The zero-order valence-electron chi connectivity index (χ0n) is 16.1. The molecule has 0 aliphatic carbocycles. The van der Waals surface area contributed by atoms with E-state index < -0.39 is 5.97 Å². The maximum atomic E-state index is 11.7. The average Bonchev–Trinajstić information content (AvgIpc) is 3.21. The zero-order chi connectivity index (χ0) is 20.5. The molecule has 1 N–H and O–H groups in total. The first kappa shape index (κ1) is 19.7. The SMILES string of the molecule is CC(C)Oc1ccc(-c2cc3c(s2)C(Cc2cccc(Cl)c2)C(C(=O)O)=N3)cc1. The molecule has 2 aromatic carbocycles. The lowest BCUT2D eigenvalue weighted by molar-refractivity contribution is -0.129. The molecule has 6 heteroatoms. The van der Waals surface area contributed by atoms with Crippen molar-refractivity contribution in [2.45, 2.75) is 32.3 Å². The van der Waals surface area contributed by atoms with Crippen molar-refractivity contribution in [3.63, 3.8) is 0 Å². The van der Waals surface area contributed by atoms with Crippen molar-refractivity contribution in [1.82, 2.24) is 0 Å². The maximum absolute atomic E-state index is 11.7. The van der Waals surface area contributed by atoms with Gasteiger partial charge in [-0.05, 0) is 73.9 Å². The lowest BCUT2D eigenvalue weighted by Crippen LogP contribution is -2.20. The minimum Gasteiger partial charge on any atom is -0.491 e. The second-order valence-electron chi connectivity index (χ2n) is 7.24. The Morgan fingerprint density at radius 2 is 1.97 bits per heavy atom.